The van der Waals surface area contributed by atoms with Crippen LogP contribution in [0, 0.1) is 6.92 Å². The van der Waals surface area contributed by atoms with Crippen LogP contribution in [-0.2, 0) is 9.53 Å². The van der Waals surface area contributed by atoms with E-state index >= 15 is 0 Å². The molecule has 1 aromatic heterocycles. The van der Waals surface area contributed by atoms with E-state index in [0.29, 0.717) is 18.9 Å². The second-order valence-electron chi connectivity index (χ2n) is 5.73. The topological polar surface area (TPSA) is 60.5 Å². The second kappa shape index (κ2) is 9.39. The summed E-state index contributed by atoms with van der Waals surface area (Å²) in [5.41, 5.74) is 2.07. The van der Waals surface area contributed by atoms with Crippen molar-refractivity contribution in [1.82, 2.24) is 10.3 Å². The molecule has 0 bridgehead atoms. The molecule has 1 N–H and O–H groups in total. The molecule has 0 aliphatic rings. The van der Waals surface area contributed by atoms with Crippen molar-refractivity contribution in [2.45, 2.75) is 33.3 Å². The van der Waals surface area contributed by atoms with E-state index in [0.717, 1.165) is 22.7 Å². The van der Waals surface area contributed by atoms with Crippen molar-refractivity contribution < 1.29 is 14.3 Å². The van der Waals surface area contributed by atoms with Gasteiger partial charge >= 0.3 is 0 Å². The third-order valence-electron chi connectivity index (χ3n) is 3.18. The molecule has 2 rings (SSSR count). The molecule has 130 valence electrons. The molecular formula is C18H24N2O3S. The summed E-state index contributed by atoms with van der Waals surface area (Å²) in [6.07, 6.45) is 1.02. The Bertz CT molecular complexity index is 638. The summed E-state index contributed by atoms with van der Waals surface area (Å²) in [6, 6.07) is 7.62. The van der Waals surface area contributed by atoms with Gasteiger partial charge in [0.2, 0.25) is 0 Å². The summed E-state index contributed by atoms with van der Waals surface area (Å²) in [7, 11) is 0. The van der Waals surface area contributed by atoms with Crippen molar-refractivity contribution in [3.05, 3.63) is 35.3 Å². The van der Waals surface area contributed by atoms with Crippen LogP contribution >= 0.6 is 11.3 Å². The molecule has 1 heterocycles. The lowest BCUT2D eigenvalue weighted by Crippen LogP contribution is -2.30. The number of rotatable bonds is 9. The molecule has 1 amide bonds. The summed E-state index contributed by atoms with van der Waals surface area (Å²) in [6.45, 7) is 7.22. The highest BCUT2D eigenvalue weighted by atomic mass is 32.1. The molecule has 0 unspecified atom stereocenters. The van der Waals surface area contributed by atoms with E-state index in [-0.39, 0.29) is 18.6 Å². The van der Waals surface area contributed by atoms with Crippen molar-refractivity contribution >= 4 is 17.2 Å². The van der Waals surface area contributed by atoms with Gasteiger partial charge in [-0.05, 0) is 51.5 Å². The molecular weight excluding hydrogens is 324 g/mol. The van der Waals surface area contributed by atoms with Gasteiger partial charge < -0.3 is 14.8 Å². The van der Waals surface area contributed by atoms with Crippen molar-refractivity contribution in [1.29, 1.82) is 0 Å². The first-order valence-corrected chi connectivity index (χ1v) is 8.96. The highest BCUT2D eigenvalue weighted by molar-refractivity contribution is 7.13. The van der Waals surface area contributed by atoms with Gasteiger partial charge in [-0.2, -0.15) is 0 Å². The van der Waals surface area contributed by atoms with Crippen molar-refractivity contribution in [3.63, 3.8) is 0 Å². The van der Waals surface area contributed by atoms with Crippen LogP contribution in [0.4, 0.5) is 0 Å². The zero-order valence-corrected chi connectivity index (χ0v) is 15.2. The van der Waals surface area contributed by atoms with E-state index in [1.807, 2.05) is 50.4 Å². The molecule has 0 radical (unpaired) electrons. The Labute approximate surface area is 147 Å². The fraction of sp³-hybridized carbons (Fsp3) is 0.444. The summed E-state index contributed by atoms with van der Waals surface area (Å²) in [4.78, 5) is 16.2. The van der Waals surface area contributed by atoms with Crippen LogP contribution in [0.2, 0.25) is 0 Å². The van der Waals surface area contributed by atoms with Gasteiger partial charge in [-0.25, -0.2) is 4.98 Å². The van der Waals surface area contributed by atoms with Gasteiger partial charge in [0.15, 0.2) is 6.61 Å². The standard InChI is InChI=1S/C18H24N2O3S/c1-13(2)22-10-4-9-19-17(21)11-23-16-7-5-15(6-8-16)18-20-14(3)12-24-18/h5-8,12-13H,4,9-11H2,1-3H3,(H,19,21). The Morgan fingerprint density at radius 2 is 2.04 bits per heavy atom. The third kappa shape index (κ3) is 6.29. The number of ether oxygens (including phenoxy) is 2. The number of carbonyl (C=O) groups excluding carboxylic acids is 1. The van der Waals surface area contributed by atoms with Crippen LogP contribution in [-0.4, -0.2) is 36.8 Å². The molecule has 0 aliphatic carbocycles. The number of carbonyl (C=O) groups is 1. The zero-order valence-electron chi connectivity index (χ0n) is 14.4. The van der Waals surface area contributed by atoms with Crippen LogP contribution in [0.15, 0.2) is 29.6 Å². The normalized spacial score (nSPS) is 10.8. The summed E-state index contributed by atoms with van der Waals surface area (Å²) in [5.74, 6) is 0.546. The molecule has 0 aliphatic heterocycles. The summed E-state index contributed by atoms with van der Waals surface area (Å²) in [5, 5.41) is 5.82. The Morgan fingerprint density at radius 3 is 2.67 bits per heavy atom. The van der Waals surface area contributed by atoms with Gasteiger partial charge in [0.1, 0.15) is 10.8 Å². The van der Waals surface area contributed by atoms with E-state index in [1.165, 1.54) is 0 Å². The van der Waals surface area contributed by atoms with E-state index in [1.54, 1.807) is 11.3 Å². The van der Waals surface area contributed by atoms with Crippen molar-refractivity contribution in [2.75, 3.05) is 19.8 Å². The number of hydrogen-bond acceptors (Lipinski definition) is 5. The lowest BCUT2D eigenvalue weighted by Gasteiger charge is -2.09. The molecule has 1 aromatic carbocycles. The predicted molar refractivity (Wildman–Crippen MR) is 96.5 cm³/mol. The highest BCUT2D eigenvalue weighted by Gasteiger charge is 2.05. The van der Waals surface area contributed by atoms with Crippen molar-refractivity contribution in [3.8, 4) is 16.3 Å². The average Bonchev–Trinajstić information content (AvgIpc) is 2.99. The Balaban J connectivity index is 1.69. The lowest BCUT2D eigenvalue weighted by atomic mass is 10.2. The molecule has 0 fully saturated rings. The summed E-state index contributed by atoms with van der Waals surface area (Å²) >= 11 is 1.62. The minimum absolute atomic E-state index is 0.0146. The van der Waals surface area contributed by atoms with E-state index in [9.17, 15) is 4.79 Å². The molecule has 24 heavy (non-hydrogen) atoms. The smallest absolute Gasteiger partial charge is 0.257 e. The second-order valence-corrected chi connectivity index (χ2v) is 6.59. The molecule has 5 nitrogen and oxygen atoms in total. The fourth-order valence-corrected chi connectivity index (χ4v) is 2.80. The van der Waals surface area contributed by atoms with Gasteiger partial charge in [-0.15, -0.1) is 11.3 Å². The maximum Gasteiger partial charge on any atom is 0.257 e. The Hall–Kier alpha value is -1.92. The molecule has 0 spiro atoms. The van der Waals surface area contributed by atoms with Crippen LogP contribution < -0.4 is 10.1 Å². The number of benzene rings is 1. The first kappa shape index (κ1) is 18.4. The van der Waals surface area contributed by atoms with Crippen LogP contribution in [0.25, 0.3) is 10.6 Å². The van der Waals surface area contributed by atoms with Gasteiger partial charge in [0, 0.05) is 29.8 Å². The first-order chi connectivity index (χ1) is 11.5. The number of amides is 1. The van der Waals surface area contributed by atoms with E-state index in [2.05, 4.69) is 10.3 Å². The number of nitrogens with one attached hydrogen (secondary N) is 1. The number of aromatic nitrogens is 1. The van der Waals surface area contributed by atoms with Gasteiger partial charge in [0.25, 0.3) is 5.91 Å². The lowest BCUT2D eigenvalue weighted by molar-refractivity contribution is -0.123. The maximum atomic E-state index is 11.7. The Morgan fingerprint density at radius 1 is 1.29 bits per heavy atom. The largest absolute Gasteiger partial charge is 0.484 e. The van der Waals surface area contributed by atoms with Crippen LogP contribution in [0.1, 0.15) is 26.0 Å². The van der Waals surface area contributed by atoms with E-state index < -0.39 is 0 Å². The molecule has 0 saturated heterocycles. The molecule has 2 aromatic rings. The summed E-state index contributed by atoms with van der Waals surface area (Å²) < 4.78 is 10.9. The van der Waals surface area contributed by atoms with Gasteiger partial charge in [-0.1, -0.05) is 0 Å². The first-order valence-electron chi connectivity index (χ1n) is 8.08. The van der Waals surface area contributed by atoms with Crippen molar-refractivity contribution in [2.24, 2.45) is 0 Å². The minimum atomic E-state index is -0.126. The highest BCUT2D eigenvalue weighted by Crippen LogP contribution is 2.25. The predicted octanol–water partition coefficient (Wildman–Crippen LogP) is 3.43. The maximum absolute atomic E-state index is 11.7. The molecule has 0 saturated carbocycles. The number of aryl methyl sites for hydroxylation is 1. The molecule has 0 atom stereocenters. The van der Waals surface area contributed by atoms with Crippen LogP contribution in [0.3, 0.4) is 0 Å². The van der Waals surface area contributed by atoms with Gasteiger partial charge in [-0.3, -0.25) is 4.79 Å². The average molecular weight is 348 g/mol. The monoisotopic (exact) mass is 348 g/mol. The molecule has 6 heteroatoms. The fourth-order valence-electron chi connectivity index (χ4n) is 2.00. The SMILES string of the molecule is Cc1csc(-c2ccc(OCC(=O)NCCCOC(C)C)cc2)n1. The Kier molecular flexibility index (Phi) is 7.21. The zero-order chi connectivity index (χ0) is 17.4. The number of hydrogen-bond donors (Lipinski definition) is 1. The quantitative estimate of drug-likeness (QED) is 0.705. The number of thiazole rings is 1. The van der Waals surface area contributed by atoms with Crippen LogP contribution in [0.5, 0.6) is 5.75 Å². The third-order valence-corrected chi connectivity index (χ3v) is 4.19. The van der Waals surface area contributed by atoms with E-state index in [4.69, 9.17) is 9.47 Å². The van der Waals surface area contributed by atoms with Gasteiger partial charge in [0.05, 0.1) is 6.10 Å². The minimum Gasteiger partial charge on any atom is -0.484 e. The number of nitrogens with zero attached hydrogens (tertiary/aromatic N) is 1.